The number of carbonyl (C=O) groups is 2. The number of amides is 2. The predicted molar refractivity (Wildman–Crippen MR) is 97.3 cm³/mol. The fourth-order valence-corrected chi connectivity index (χ4v) is 5.45. The van der Waals surface area contributed by atoms with Gasteiger partial charge in [0, 0.05) is 30.6 Å². The number of nitrogens with zero attached hydrogens (tertiary/aromatic N) is 2. The number of carbonyl (C=O) groups excluding carboxylic acids is 2. The maximum absolute atomic E-state index is 12.7. The highest BCUT2D eigenvalue weighted by molar-refractivity contribution is 7.91. The van der Waals surface area contributed by atoms with Crippen LogP contribution in [-0.4, -0.2) is 54.2 Å². The Labute approximate surface area is 151 Å². The van der Waals surface area contributed by atoms with Crippen LogP contribution in [0.3, 0.4) is 0 Å². The SMILES string of the molecule is O=C(Nc1cccc2cccnc12)C1CC(=O)N(C2CCS(=O)(=O)C2)C1. The Balaban J connectivity index is 1.48. The van der Waals surface area contributed by atoms with Crippen LogP contribution < -0.4 is 5.32 Å². The highest BCUT2D eigenvalue weighted by atomic mass is 32.2. The average Bonchev–Trinajstić information content (AvgIpc) is 3.17. The monoisotopic (exact) mass is 373 g/mol. The Morgan fingerprint density at radius 2 is 2.04 bits per heavy atom. The molecule has 2 atom stereocenters. The first-order chi connectivity index (χ1) is 12.4. The van der Waals surface area contributed by atoms with Crippen LogP contribution in [0.4, 0.5) is 5.69 Å². The number of para-hydroxylation sites is 1. The zero-order valence-corrected chi connectivity index (χ0v) is 14.9. The zero-order chi connectivity index (χ0) is 18.3. The van der Waals surface area contributed by atoms with E-state index in [9.17, 15) is 18.0 Å². The van der Waals surface area contributed by atoms with Crippen molar-refractivity contribution in [3.63, 3.8) is 0 Å². The van der Waals surface area contributed by atoms with Crippen LogP contribution in [0.15, 0.2) is 36.5 Å². The molecule has 1 aromatic heterocycles. The minimum atomic E-state index is -3.07. The van der Waals surface area contributed by atoms with Crippen molar-refractivity contribution in [2.24, 2.45) is 5.92 Å². The lowest BCUT2D eigenvalue weighted by Crippen LogP contribution is -2.38. The topological polar surface area (TPSA) is 96.4 Å². The van der Waals surface area contributed by atoms with Crippen LogP contribution in [0, 0.1) is 5.92 Å². The molecule has 4 rings (SSSR count). The average molecular weight is 373 g/mol. The van der Waals surface area contributed by atoms with Gasteiger partial charge in [-0.1, -0.05) is 18.2 Å². The number of nitrogens with one attached hydrogen (secondary N) is 1. The van der Waals surface area contributed by atoms with Gasteiger partial charge in [-0.05, 0) is 18.6 Å². The van der Waals surface area contributed by atoms with E-state index in [0.29, 0.717) is 17.6 Å². The van der Waals surface area contributed by atoms with E-state index < -0.39 is 15.8 Å². The van der Waals surface area contributed by atoms with E-state index in [4.69, 9.17) is 0 Å². The molecule has 26 heavy (non-hydrogen) atoms. The molecule has 8 heteroatoms. The standard InChI is InChI=1S/C18H19N3O4S/c22-16-9-13(10-21(16)14-6-8-26(24,25)11-14)18(23)20-15-5-1-3-12-4-2-7-19-17(12)15/h1-5,7,13-14H,6,8-11H2,(H,20,23). The fraction of sp³-hybridized carbons (Fsp3) is 0.389. The highest BCUT2D eigenvalue weighted by Crippen LogP contribution is 2.28. The summed E-state index contributed by atoms with van der Waals surface area (Å²) >= 11 is 0. The number of pyridine rings is 1. The summed E-state index contributed by atoms with van der Waals surface area (Å²) in [6.07, 6.45) is 2.23. The number of likely N-dealkylation sites (tertiary alicyclic amines) is 1. The molecule has 136 valence electrons. The Kier molecular flexibility index (Phi) is 4.14. The molecule has 1 N–H and O–H groups in total. The lowest BCUT2D eigenvalue weighted by molar-refractivity contribution is -0.129. The number of hydrogen-bond donors (Lipinski definition) is 1. The number of benzene rings is 1. The van der Waals surface area contributed by atoms with Crippen LogP contribution in [0.25, 0.3) is 10.9 Å². The second-order valence-electron chi connectivity index (χ2n) is 6.87. The van der Waals surface area contributed by atoms with Crippen molar-refractivity contribution < 1.29 is 18.0 Å². The maximum atomic E-state index is 12.7. The minimum absolute atomic E-state index is 0.000319. The summed E-state index contributed by atoms with van der Waals surface area (Å²) in [6, 6.07) is 8.99. The largest absolute Gasteiger partial charge is 0.338 e. The van der Waals surface area contributed by atoms with E-state index in [-0.39, 0.29) is 42.3 Å². The predicted octanol–water partition coefficient (Wildman–Crippen LogP) is 1.21. The molecule has 2 aliphatic rings. The van der Waals surface area contributed by atoms with Crippen LogP contribution in [0.5, 0.6) is 0 Å². The summed E-state index contributed by atoms with van der Waals surface area (Å²) in [7, 11) is -3.07. The third-order valence-electron chi connectivity index (χ3n) is 5.07. The number of fused-ring (bicyclic) bond motifs is 1. The Hall–Kier alpha value is -2.48. The number of rotatable bonds is 3. The first kappa shape index (κ1) is 17.0. The summed E-state index contributed by atoms with van der Waals surface area (Å²) in [4.78, 5) is 30.8. The fourth-order valence-electron chi connectivity index (χ4n) is 3.72. The molecular weight excluding hydrogens is 354 g/mol. The molecule has 1 aromatic carbocycles. The normalized spacial score (nSPS) is 24.9. The van der Waals surface area contributed by atoms with Gasteiger partial charge in [0.05, 0.1) is 28.6 Å². The van der Waals surface area contributed by atoms with Crippen molar-refractivity contribution in [1.82, 2.24) is 9.88 Å². The number of aromatic nitrogens is 1. The van der Waals surface area contributed by atoms with Crippen LogP contribution in [0.2, 0.25) is 0 Å². The van der Waals surface area contributed by atoms with Crippen LogP contribution in [0.1, 0.15) is 12.8 Å². The second-order valence-corrected chi connectivity index (χ2v) is 9.10. The van der Waals surface area contributed by atoms with Crippen LogP contribution in [-0.2, 0) is 19.4 Å². The Bertz CT molecular complexity index is 984. The van der Waals surface area contributed by atoms with Gasteiger partial charge in [0.15, 0.2) is 9.84 Å². The van der Waals surface area contributed by atoms with Crippen molar-refractivity contribution in [2.45, 2.75) is 18.9 Å². The summed E-state index contributed by atoms with van der Waals surface area (Å²) in [5.74, 6) is -0.756. The van der Waals surface area contributed by atoms with Crippen molar-refractivity contribution in [3.8, 4) is 0 Å². The van der Waals surface area contributed by atoms with Gasteiger partial charge in [-0.25, -0.2) is 8.42 Å². The van der Waals surface area contributed by atoms with Crippen molar-refractivity contribution in [2.75, 3.05) is 23.4 Å². The number of hydrogen-bond acceptors (Lipinski definition) is 5. The van der Waals surface area contributed by atoms with E-state index in [1.165, 1.54) is 0 Å². The van der Waals surface area contributed by atoms with Gasteiger partial charge in [-0.15, -0.1) is 0 Å². The van der Waals surface area contributed by atoms with E-state index in [0.717, 1.165) is 5.39 Å². The molecule has 7 nitrogen and oxygen atoms in total. The van der Waals surface area contributed by atoms with Crippen LogP contribution >= 0.6 is 0 Å². The Morgan fingerprint density at radius 3 is 2.81 bits per heavy atom. The van der Waals surface area contributed by atoms with Crippen molar-refractivity contribution in [3.05, 3.63) is 36.5 Å². The summed E-state index contributed by atoms with van der Waals surface area (Å²) in [5.41, 5.74) is 1.31. The van der Waals surface area contributed by atoms with E-state index >= 15 is 0 Å². The number of anilines is 1. The third-order valence-corrected chi connectivity index (χ3v) is 6.82. The Morgan fingerprint density at radius 1 is 1.23 bits per heavy atom. The molecule has 0 saturated carbocycles. The smallest absolute Gasteiger partial charge is 0.229 e. The molecule has 0 radical (unpaired) electrons. The van der Waals surface area contributed by atoms with Gasteiger partial charge in [-0.3, -0.25) is 14.6 Å². The third kappa shape index (κ3) is 3.16. The van der Waals surface area contributed by atoms with Crippen molar-refractivity contribution in [1.29, 1.82) is 0 Å². The van der Waals surface area contributed by atoms with Gasteiger partial charge >= 0.3 is 0 Å². The molecule has 0 bridgehead atoms. The summed E-state index contributed by atoms with van der Waals surface area (Å²) in [6.45, 7) is 0.267. The molecular formula is C18H19N3O4S. The van der Waals surface area contributed by atoms with Gasteiger partial charge in [0.2, 0.25) is 11.8 Å². The minimum Gasteiger partial charge on any atom is -0.338 e. The molecule has 2 saturated heterocycles. The summed E-state index contributed by atoms with van der Waals surface area (Å²) in [5, 5.41) is 3.80. The van der Waals surface area contributed by atoms with Gasteiger partial charge in [-0.2, -0.15) is 0 Å². The molecule has 2 aromatic rings. The lowest BCUT2D eigenvalue weighted by atomic mass is 10.1. The second kappa shape index (κ2) is 6.35. The molecule has 0 aliphatic carbocycles. The molecule has 2 unspecified atom stereocenters. The maximum Gasteiger partial charge on any atom is 0.229 e. The number of sulfone groups is 1. The first-order valence-corrected chi connectivity index (χ1v) is 10.4. The molecule has 2 aliphatic heterocycles. The van der Waals surface area contributed by atoms with Gasteiger partial charge in [0.1, 0.15) is 0 Å². The van der Waals surface area contributed by atoms with Gasteiger partial charge in [0.25, 0.3) is 0 Å². The molecule has 0 spiro atoms. The highest BCUT2D eigenvalue weighted by Gasteiger charge is 2.41. The van der Waals surface area contributed by atoms with Gasteiger partial charge < -0.3 is 10.2 Å². The summed E-state index contributed by atoms with van der Waals surface area (Å²) < 4.78 is 23.3. The van der Waals surface area contributed by atoms with Crippen molar-refractivity contribution >= 4 is 38.2 Å². The van der Waals surface area contributed by atoms with E-state index in [1.807, 2.05) is 24.3 Å². The molecule has 2 fully saturated rings. The molecule has 2 amide bonds. The quantitative estimate of drug-likeness (QED) is 0.872. The van der Waals surface area contributed by atoms with E-state index in [1.54, 1.807) is 17.2 Å². The zero-order valence-electron chi connectivity index (χ0n) is 14.1. The van der Waals surface area contributed by atoms with E-state index in [2.05, 4.69) is 10.3 Å². The molecule has 3 heterocycles. The first-order valence-electron chi connectivity index (χ1n) is 8.57. The lowest BCUT2D eigenvalue weighted by Gasteiger charge is -2.23.